The van der Waals surface area contributed by atoms with Crippen LogP contribution in [-0.2, 0) is 33.3 Å². The Kier molecular flexibility index (Phi) is 85.1. The number of hydrogen-bond acceptors (Lipinski definition) is 7. The van der Waals surface area contributed by atoms with Crippen molar-refractivity contribution in [3.05, 3.63) is 60.8 Å². The number of hydrogen-bond donors (Lipinski definition) is 1. The monoisotopic (exact) mass is 1490 g/mol. The zero-order valence-corrected chi connectivity index (χ0v) is 71.6. The van der Waals surface area contributed by atoms with Gasteiger partial charge in [0.05, 0.1) is 34.4 Å². The SMILES string of the molecule is CC/C=C\C/C=C\C/C=C\C/C=C\C/C=C\CCCCCCCCCCCCCCCCCCCCCCCCCCCC(=O)OC(COC(=O)CCCCCCCCCCCCCCCCCCCCCCCCCCCCCCCCCCCCCCCCCC)COC(OCC[N+](C)(C)C)C(=O)O. The Hall–Kier alpha value is -3.01. The normalized spacial score (nSPS) is 12.8. The summed E-state index contributed by atoms with van der Waals surface area (Å²) in [4.78, 5) is 37.9. The smallest absolute Gasteiger partial charge is 0.361 e. The number of carbonyl (C=O) groups excluding carboxylic acids is 2. The fourth-order valence-electron chi connectivity index (χ4n) is 14.5. The van der Waals surface area contributed by atoms with Crippen molar-refractivity contribution in [2.45, 2.75) is 495 Å². The van der Waals surface area contributed by atoms with Gasteiger partial charge in [-0.05, 0) is 57.8 Å². The number of carboxylic acids is 1. The van der Waals surface area contributed by atoms with Crippen LogP contribution in [0.25, 0.3) is 0 Å². The van der Waals surface area contributed by atoms with E-state index in [1.807, 2.05) is 21.1 Å². The van der Waals surface area contributed by atoms with Gasteiger partial charge in [-0.3, -0.25) is 9.59 Å². The summed E-state index contributed by atoms with van der Waals surface area (Å²) in [5, 5.41) is 9.80. The number of rotatable bonds is 89. The number of carbonyl (C=O) groups is 3. The van der Waals surface area contributed by atoms with Crippen molar-refractivity contribution in [2.75, 3.05) is 47.5 Å². The second-order valence-corrected chi connectivity index (χ2v) is 33.3. The zero-order chi connectivity index (χ0) is 76.7. The second-order valence-electron chi connectivity index (χ2n) is 33.3. The van der Waals surface area contributed by atoms with Crippen molar-refractivity contribution in [1.29, 1.82) is 0 Å². The van der Waals surface area contributed by atoms with Crippen molar-refractivity contribution < 1.29 is 42.9 Å². The Balaban J connectivity index is 3.87. The molecule has 0 fully saturated rings. The fraction of sp³-hybridized carbons (Fsp3) is 0.866. The van der Waals surface area contributed by atoms with Crippen LogP contribution < -0.4 is 0 Å². The van der Waals surface area contributed by atoms with Gasteiger partial charge >= 0.3 is 17.9 Å². The number of quaternary nitrogens is 1. The molecule has 1 N–H and O–H groups in total. The third-order valence-electron chi connectivity index (χ3n) is 21.5. The van der Waals surface area contributed by atoms with E-state index in [2.05, 4.69) is 74.6 Å². The summed E-state index contributed by atoms with van der Waals surface area (Å²) in [5.74, 6) is -1.97. The first-order valence-electron chi connectivity index (χ1n) is 47.0. The number of unbranched alkanes of at least 4 members (excludes halogenated alkanes) is 64. The Bertz CT molecular complexity index is 1940. The van der Waals surface area contributed by atoms with E-state index in [9.17, 15) is 19.5 Å². The van der Waals surface area contributed by atoms with Gasteiger partial charge in [-0.25, -0.2) is 4.79 Å². The molecule has 9 nitrogen and oxygen atoms in total. The second kappa shape index (κ2) is 87.6. The lowest BCUT2D eigenvalue weighted by molar-refractivity contribution is -0.870. The van der Waals surface area contributed by atoms with Crippen LogP contribution in [0.5, 0.6) is 0 Å². The van der Waals surface area contributed by atoms with Crippen molar-refractivity contribution in [3.8, 4) is 0 Å². The van der Waals surface area contributed by atoms with Crippen LogP contribution in [0.2, 0.25) is 0 Å². The highest BCUT2D eigenvalue weighted by atomic mass is 16.7. The molecule has 0 bridgehead atoms. The molecule has 0 amide bonds. The summed E-state index contributed by atoms with van der Waals surface area (Å²) in [5.41, 5.74) is 0. The minimum atomic E-state index is -1.51. The van der Waals surface area contributed by atoms with E-state index in [-0.39, 0.29) is 38.2 Å². The lowest BCUT2D eigenvalue weighted by Crippen LogP contribution is -2.40. The van der Waals surface area contributed by atoms with Gasteiger partial charge in [0.25, 0.3) is 6.29 Å². The van der Waals surface area contributed by atoms with Gasteiger partial charge < -0.3 is 28.5 Å². The van der Waals surface area contributed by atoms with Crippen molar-refractivity contribution in [3.63, 3.8) is 0 Å². The number of nitrogens with zero attached hydrogens (tertiary/aromatic N) is 1. The van der Waals surface area contributed by atoms with Gasteiger partial charge in [0, 0.05) is 12.8 Å². The third-order valence-corrected chi connectivity index (χ3v) is 21.5. The zero-order valence-electron chi connectivity index (χ0n) is 71.6. The topological polar surface area (TPSA) is 108 Å². The number of aliphatic carboxylic acids is 1. The molecule has 0 aliphatic carbocycles. The molecule has 0 saturated carbocycles. The van der Waals surface area contributed by atoms with E-state index < -0.39 is 18.4 Å². The highest BCUT2D eigenvalue weighted by molar-refractivity contribution is 5.71. The number of likely N-dealkylation sites (N-methyl/N-ethyl adjacent to an activating group) is 1. The maximum atomic E-state index is 13.0. The number of allylic oxidation sites excluding steroid dienone is 10. The molecule has 0 aliphatic rings. The molecule has 106 heavy (non-hydrogen) atoms. The number of esters is 2. The molecule has 0 aliphatic heterocycles. The van der Waals surface area contributed by atoms with Gasteiger partial charge in [-0.2, -0.15) is 0 Å². The van der Waals surface area contributed by atoms with E-state index in [1.54, 1.807) is 0 Å². The minimum absolute atomic E-state index is 0.175. The minimum Gasteiger partial charge on any atom is -0.477 e. The van der Waals surface area contributed by atoms with Gasteiger partial charge in [0.2, 0.25) is 0 Å². The Morgan fingerprint density at radius 2 is 0.538 bits per heavy atom. The van der Waals surface area contributed by atoms with Crippen molar-refractivity contribution >= 4 is 17.9 Å². The fourth-order valence-corrected chi connectivity index (χ4v) is 14.5. The van der Waals surface area contributed by atoms with Gasteiger partial charge in [0.15, 0.2) is 6.10 Å². The van der Waals surface area contributed by atoms with Crippen LogP contribution in [0, 0.1) is 0 Å². The van der Waals surface area contributed by atoms with Gasteiger partial charge in [-0.1, -0.05) is 473 Å². The van der Waals surface area contributed by atoms with E-state index in [0.29, 0.717) is 17.4 Å². The first-order chi connectivity index (χ1) is 52.1. The van der Waals surface area contributed by atoms with E-state index >= 15 is 0 Å². The molecule has 0 aromatic rings. The molecule has 2 atom stereocenters. The van der Waals surface area contributed by atoms with Crippen LogP contribution in [0.3, 0.4) is 0 Å². The summed E-state index contributed by atoms with van der Waals surface area (Å²) in [6.07, 6.45) is 116. The van der Waals surface area contributed by atoms with Crippen molar-refractivity contribution in [1.82, 2.24) is 0 Å². The van der Waals surface area contributed by atoms with Crippen LogP contribution >= 0.6 is 0 Å². The lowest BCUT2D eigenvalue weighted by atomic mass is 10.0. The van der Waals surface area contributed by atoms with E-state index in [4.69, 9.17) is 18.9 Å². The average Bonchev–Trinajstić information content (AvgIpc) is 0.935. The molecule has 0 spiro atoms. The summed E-state index contributed by atoms with van der Waals surface area (Å²) in [6.45, 7) is 4.85. The first-order valence-corrected chi connectivity index (χ1v) is 47.0. The predicted molar refractivity (Wildman–Crippen MR) is 461 cm³/mol. The molecule has 0 saturated heterocycles. The summed E-state index contributed by atoms with van der Waals surface area (Å²) in [7, 11) is 6.01. The van der Waals surface area contributed by atoms with E-state index in [0.717, 1.165) is 70.6 Å². The Morgan fingerprint density at radius 1 is 0.292 bits per heavy atom. The molecule has 622 valence electrons. The highest BCUT2D eigenvalue weighted by Gasteiger charge is 2.25. The molecular formula is C97H182NO8+. The number of ether oxygens (including phenoxy) is 4. The first kappa shape index (κ1) is 103. The lowest BCUT2D eigenvalue weighted by Gasteiger charge is -2.25. The highest BCUT2D eigenvalue weighted by Crippen LogP contribution is 2.22. The van der Waals surface area contributed by atoms with Crippen LogP contribution in [0.1, 0.15) is 483 Å². The molecule has 2 unspecified atom stereocenters. The molecule has 0 radical (unpaired) electrons. The predicted octanol–water partition coefficient (Wildman–Crippen LogP) is 30.9. The largest absolute Gasteiger partial charge is 0.477 e. The molecule has 0 rings (SSSR count). The van der Waals surface area contributed by atoms with Crippen LogP contribution in [0.4, 0.5) is 0 Å². The Labute approximate surface area is 660 Å². The van der Waals surface area contributed by atoms with E-state index in [1.165, 1.54) is 385 Å². The quantitative estimate of drug-likeness (QED) is 0.0211. The molecule has 9 heteroatoms. The third kappa shape index (κ3) is 88.2. The molecule has 0 aromatic heterocycles. The van der Waals surface area contributed by atoms with Crippen LogP contribution in [-0.4, -0.2) is 87.4 Å². The maximum Gasteiger partial charge on any atom is 0.361 e. The average molecular weight is 1490 g/mol. The van der Waals surface area contributed by atoms with Gasteiger partial charge in [0.1, 0.15) is 13.2 Å². The number of carboxylic acid groups (broad SMARTS) is 1. The molecule has 0 heterocycles. The van der Waals surface area contributed by atoms with Gasteiger partial charge in [-0.15, -0.1) is 0 Å². The summed E-state index contributed by atoms with van der Waals surface area (Å²) >= 11 is 0. The Morgan fingerprint density at radius 3 is 0.802 bits per heavy atom. The standard InChI is InChI=1S/C97H181NO8/c1-6-8-10-12-14-16-18-20-22-24-26-28-30-32-34-36-38-40-42-44-46-48-50-52-54-56-58-60-62-64-66-68-70-72-74-76-78-80-82-84-86-88-95(100)106-93(92-105-97(96(101)102)103-90-89-98(3,4)5)91-104-94(99)87-85-83-81-79-77-75-73-71-69-67-65-63-61-59-57-55-53-51-49-47-45-43-41-39-37-35-33-31-29-27-25-23-21-19-17-15-13-11-9-7-2/h8,10,14,16,20,22,26,28,32,34,93,97H,6-7,9,11-13,15,17-19,21,23-25,27,29-31,33,35-92H2,1-5H3/p+1/b10-8-,16-14-,22-20-,28-26-,34-32-. The molecular weight excluding hydrogens is 1310 g/mol. The molecule has 0 aromatic carbocycles. The van der Waals surface area contributed by atoms with Crippen LogP contribution in [0.15, 0.2) is 60.8 Å². The maximum absolute atomic E-state index is 13.0. The summed E-state index contributed by atoms with van der Waals surface area (Å²) in [6, 6.07) is 0. The van der Waals surface area contributed by atoms with Crippen molar-refractivity contribution in [2.24, 2.45) is 0 Å². The summed E-state index contributed by atoms with van der Waals surface area (Å²) < 4.78 is 23.1.